The molecule has 112 valence electrons. The van der Waals surface area contributed by atoms with Gasteiger partial charge in [0.2, 0.25) is 0 Å². The Bertz CT molecular complexity index is 799. The zero-order valence-corrected chi connectivity index (χ0v) is 13.5. The molecule has 6 heteroatoms. The molecule has 2 heterocycles. The Morgan fingerprint density at radius 1 is 1.48 bits per heavy atom. The van der Waals surface area contributed by atoms with Crippen LogP contribution in [0.4, 0.5) is 0 Å². The van der Waals surface area contributed by atoms with Crippen LogP contribution in [-0.4, -0.2) is 19.3 Å². The summed E-state index contributed by atoms with van der Waals surface area (Å²) in [6.45, 7) is 4.19. The van der Waals surface area contributed by atoms with Crippen molar-refractivity contribution in [3.05, 3.63) is 32.4 Å². The molecule has 21 heavy (non-hydrogen) atoms. The first-order valence-corrected chi connectivity index (χ1v) is 7.84. The molecule has 1 aliphatic carbocycles. The summed E-state index contributed by atoms with van der Waals surface area (Å²) in [7, 11) is 1.85. The van der Waals surface area contributed by atoms with E-state index in [1.807, 2.05) is 17.7 Å². The summed E-state index contributed by atoms with van der Waals surface area (Å²) in [5.41, 5.74) is 3.07. The summed E-state index contributed by atoms with van der Waals surface area (Å²) in [6.07, 6.45) is 4.07. The molecule has 1 atom stereocenters. The molecule has 0 saturated carbocycles. The van der Waals surface area contributed by atoms with Gasteiger partial charge in [-0.15, -0.1) is 0 Å². The molecule has 3 rings (SSSR count). The Balaban J connectivity index is 2.26. The van der Waals surface area contributed by atoms with Crippen LogP contribution in [0.25, 0.3) is 11.4 Å². The Hall–Kier alpha value is -1.69. The third kappa shape index (κ3) is 2.18. The van der Waals surface area contributed by atoms with E-state index in [1.165, 1.54) is 5.56 Å². The molecule has 0 spiro atoms. The molecule has 0 bridgehead atoms. The van der Waals surface area contributed by atoms with E-state index >= 15 is 0 Å². The van der Waals surface area contributed by atoms with E-state index in [0.717, 1.165) is 31.4 Å². The van der Waals surface area contributed by atoms with Crippen molar-refractivity contribution < 1.29 is 0 Å². The van der Waals surface area contributed by atoms with Gasteiger partial charge in [0.05, 0.1) is 5.56 Å². The van der Waals surface area contributed by atoms with Crippen molar-refractivity contribution in [3.63, 3.8) is 0 Å². The quantitative estimate of drug-likeness (QED) is 0.887. The summed E-state index contributed by atoms with van der Waals surface area (Å²) in [5.74, 6) is 0.657. The molecule has 0 radical (unpaired) electrons. The second-order valence-corrected chi connectivity index (χ2v) is 6.11. The van der Waals surface area contributed by atoms with Gasteiger partial charge in [-0.2, -0.15) is 5.10 Å². The number of rotatable bonds is 3. The van der Waals surface area contributed by atoms with Crippen molar-refractivity contribution in [2.24, 2.45) is 7.05 Å². The first-order valence-electron chi connectivity index (χ1n) is 7.43. The lowest BCUT2D eigenvalue weighted by Gasteiger charge is -2.15. The summed E-state index contributed by atoms with van der Waals surface area (Å²) >= 11 is 5.33. The summed E-state index contributed by atoms with van der Waals surface area (Å²) < 4.78 is 4.30. The van der Waals surface area contributed by atoms with Crippen LogP contribution in [0.3, 0.4) is 0 Å². The molecular formula is C15H20N4OS. The van der Waals surface area contributed by atoms with Crippen LogP contribution < -0.4 is 5.56 Å². The van der Waals surface area contributed by atoms with Crippen molar-refractivity contribution in [3.8, 4) is 11.4 Å². The molecular weight excluding hydrogens is 284 g/mol. The molecule has 2 aromatic heterocycles. The average Bonchev–Trinajstić information content (AvgIpc) is 3.08. The Labute approximate surface area is 128 Å². The van der Waals surface area contributed by atoms with E-state index in [0.29, 0.717) is 16.2 Å². The first kappa shape index (κ1) is 14.3. The van der Waals surface area contributed by atoms with Gasteiger partial charge in [0.1, 0.15) is 0 Å². The molecule has 0 saturated heterocycles. The molecule has 2 aromatic rings. The lowest BCUT2D eigenvalue weighted by Crippen LogP contribution is -2.23. The maximum absolute atomic E-state index is 12.7. The first-order chi connectivity index (χ1) is 10.0. The summed E-state index contributed by atoms with van der Waals surface area (Å²) in [4.78, 5) is 12.7. The molecule has 0 aliphatic heterocycles. The number of hydrogen-bond donors (Lipinski definition) is 1. The van der Waals surface area contributed by atoms with Gasteiger partial charge in [-0.05, 0) is 56.5 Å². The predicted molar refractivity (Wildman–Crippen MR) is 85.1 cm³/mol. The second kappa shape index (κ2) is 5.26. The van der Waals surface area contributed by atoms with E-state index in [-0.39, 0.29) is 11.6 Å². The minimum atomic E-state index is 0.00852. The number of nitrogens with zero attached hydrogens (tertiary/aromatic N) is 3. The summed E-state index contributed by atoms with van der Waals surface area (Å²) in [5, 5.41) is 7.15. The Kier molecular flexibility index (Phi) is 3.57. The third-order valence-corrected chi connectivity index (χ3v) is 4.75. The van der Waals surface area contributed by atoms with Gasteiger partial charge in [-0.25, -0.2) is 0 Å². The van der Waals surface area contributed by atoms with Gasteiger partial charge in [0.25, 0.3) is 5.56 Å². The number of aromatic amines is 1. The van der Waals surface area contributed by atoms with Gasteiger partial charge in [0, 0.05) is 18.8 Å². The van der Waals surface area contributed by atoms with Crippen molar-refractivity contribution in [2.45, 2.75) is 45.6 Å². The maximum atomic E-state index is 12.7. The topological polar surface area (TPSA) is 55.6 Å². The van der Waals surface area contributed by atoms with Gasteiger partial charge >= 0.3 is 0 Å². The number of hydrogen-bond acceptors (Lipinski definition) is 3. The number of aryl methyl sites for hydroxylation is 1. The fourth-order valence-electron chi connectivity index (χ4n) is 3.08. The van der Waals surface area contributed by atoms with Crippen LogP contribution in [0.5, 0.6) is 0 Å². The fourth-order valence-corrected chi connectivity index (χ4v) is 3.39. The maximum Gasteiger partial charge on any atom is 0.261 e. The van der Waals surface area contributed by atoms with Crippen LogP contribution in [0.1, 0.15) is 44.0 Å². The molecule has 1 unspecified atom stereocenters. The number of nitrogens with one attached hydrogen (secondary N) is 1. The van der Waals surface area contributed by atoms with Crippen LogP contribution >= 0.6 is 12.2 Å². The van der Waals surface area contributed by atoms with Crippen LogP contribution in [0, 0.1) is 4.77 Å². The lowest BCUT2D eigenvalue weighted by atomic mass is 10.1. The molecule has 0 aromatic carbocycles. The zero-order valence-electron chi connectivity index (χ0n) is 12.6. The molecule has 1 N–H and O–H groups in total. The molecule has 5 nitrogen and oxygen atoms in total. The smallest absolute Gasteiger partial charge is 0.261 e. The lowest BCUT2D eigenvalue weighted by molar-refractivity contribution is 0.528. The standard InChI is InChI=1S/C15H20N4OS/c1-4-9(2)19-13(16-17-15(19)21)11-8-10-6-5-7-12(10)18(3)14(11)20/h8-9H,4-7H2,1-3H3,(H,17,21). The number of aromatic nitrogens is 4. The highest BCUT2D eigenvalue weighted by Gasteiger charge is 2.22. The van der Waals surface area contributed by atoms with Gasteiger partial charge in [-0.1, -0.05) is 6.92 Å². The molecule has 1 aliphatic rings. The van der Waals surface area contributed by atoms with Gasteiger partial charge < -0.3 is 4.57 Å². The van der Waals surface area contributed by atoms with Crippen molar-refractivity contribution >= 4 is 12.2 Å². The van der Waals surface area contributed by atoms with Gasteiger partial charge in [-0.3, -0.25) is 14.5 Å². The number of pyridine rings is 1. The fraction of sp³-hybridized carbons (Fsp3) is 0.533. The van der Waals surface area contributed by atoms with E-state index in [2.05, 4.69) is 24.0 Å². The van der Waals surface area contributed by atoms with Crippen LogP contribution in [-0.2, 0) is 19.9 Å². The van der Waals surface area contributed by atoms with Crippen molar-refractivity contribution in [1.29, 1.82) is 0 Å². The predicted octanol–water partition coefficient (Wildman–Crippen LogP) is 2.77. The number of fused-ring (bicyclic) bond motifs is 1. The highest BCUT2D eigenvalue weighted by Crippen LogP contribution is 2.26. The van der Waals surface area contributed by atoms with Crippen LogP contribution in [0.2, 0.25) is 0 Å². The minimum Gasteiger partial charge on any atom is -0.315 e. The third-order valence-electron chi connectivity index (χ3n) is 4.47. The number of H-pyrrole nitrogens is 1. The second-order valence-electron chi connectivity index (χ2n) is 5.73. The normalized spacial score (nSPS) is 15.2. The van der Waals surface area contributed by atoms with E-state index in [4.69, 9.17) is 12.2 Å². The largest absolute Gasteiger partial charge is 0.315 e. The average molecular weight is 304 g/mol. The minimum absolute atomic E-state index is 0.00852. The van der Waals surface area contributed by atoms with E-state index < -0.39 is 0 Å². The Morgan fingerprint density at radius 2 is 2.24 bits per heavy atom. The highest BCUT2D eigenvalue weighted by molar-refractivity contribution is 7.71. The zero-order chi connectivity index (χ0) is 15.1. The highest BCUT2D eigenvalue weighted by atomic mass is 32.1. The molecule has 0 fully saturated rings. The Morgan fingerprint density at radius 3 is 2.95 bits per heavy atom. The molecule has 0 amide bonds. The monoisotopic (exact) mass is 304 g/mol. The van der Waals surface area contributed by atoms with Crippen molar-refractivity contribution in [1.82, 2.24) is 19.3 Å². The van der Waals surface area contributed by atoms with Crippen molar-refractivity contribution in [2.75, 3.05) is 0 Å². The van der Waals surface area contributed by atoms with E-state index in [9.17, 15) is 4.79 Å². The SMILES string of the molecule is CCC(C)n1c(-c2cc3c(n(C)c2=O)CCC3)n[nH]c1=S. The van der Waals surface area contributed by atoms with Gasteiger partial charge in [0.15, 0.2) is 10.6 Å². The van der Waals surface area contributed by atoms with E-state index in [1.54, 1.807) is 4.57 Å². The summed E-state index contributed by atoms with van der Waals surface area (Å²) in [6, 6.07) is 2.22. The van der Waals surface area contributed by atoms with Crippen LogP contribution in [0.15, 0.2) is 10.9 Å².